The third kappa shape index (κ3) is 5310. The second-order valence-corrected chi connectivity index (χ2v) is 1.65. The van der Waals surface area contributed by atoms with Gasteiger partial charge in [0.2, 0.25) is 0 Å². The molecule has 0 saturated carbocycles. The molecule has 0 atom stereocenters. The topological polar surface area (TPSA) is 127 Å². The number of aliphatic carboxylic acids is 2. The Kier molecular flexibility index (Phi) is 17.4. The van der Waals surface area contributed by atoms with Gasteiger partial charge in [0, 0.05) is 20.8 Å². The Morgan fingerprint density at radius 3 is 1.08 bits per heavy atom. The molecule has 7 heteroatoms. The van der Waals surface area contributed by atoms with Gasteiger partial charge in [-0.25, -0.2) is 0 Å². The molecular formula is C6H13NO6. The number of carboxylic acids is 2. The summed E-state index contributed by atoms with van der Waals surface area (Å²) >= 11 is 0. The zero-order chi connectivity index (χ0) is 11.4. The molecule has 0 spiro atoms. The summed E-state index contributed by atoms with van der Waals surface area (Å²) in [5.41, 5.74) is 0. The van der Waals surface area contributed by atoms with Crippen molar-refractivity contribution in [3.8, 4) is 0 Å². The van der Waals surface area contributed by atoms with Crippen LogP contribution in [0.4, 0.5) is 0 Å². The van der Waals surface area contributed by atoms with Gasteiger partial charge in [-0.3, -0.25) is 14.4 Å². The summed E-state index contributed by atoms with van der Waals surface area (Å²) < 4.78 is 0. The number of carbonyl (C=O) groups excluding carboxylic acids is 1. The first-order valence-corrected chi connectivity index (χ1v) is 3.00. The van der Waals surface area contributed by atoms with E-state index in [9.17, 15) is 4.79 Å². The maximum Gasteiger partial charge on any atom is 0.321 e. The molecule has 0 rings (SSSR count). The van der Waals surface area contributed by atoms with E-state index in [4.69, 9.17) is 19.8 Å². The maximum atomic E-state index is 9.47. The van der Waals surface area contributed by atoms with Gasteiger partial charge in [0.25, 0.3) is 11.9 Å². The smallest absolute Gasteiger partial charge is 0.321 e. The molecule has 0 aromatic heterocycles. The van der Waals surface area contributed by atoms with Gasteiger partial charge in [0.05, 0.1) is 0 Å². The summed E-state index contributed by atoms with van der Waals surface area (Å²) in [5, 5.41) is 14.8. The number of carboxylic acid groups (broad SMARTS) is 2. The van der Waals surface area contributed by atoms with E-state index in [-0.39, 0.29) is 0 Å². The molecule has 0 aliphatic rings. The lowest BCUT2D eigenvalue weighted by Gasteiger charge is -1.79. The van der Waals surface area contributed by atoms with Crippen LogP contribution >= 0.6 is 0 Å². The number of rotatable bonds is 0. The lowest BCUT2D eigenvalue weighted by molar-refractivity contribution is -0.141. The van der Waals surface area contributed by atoms with E-state index in [1.165, 1.54) is 6.92 Å². The van der Waals surface area contributed by atoms with E-state index in [2.05, 4.69) is 10.7 Å². The van der Waals surface area contributed by atoms with Crippen molar-refractivity contribution < 1.29 is 29.4 Å². The molecular weight excluding hydrogens is 182 g/mol. The largest absolute Gasteiger partial charge is 0.481 e. The lowest BCUT2D eigenvalue weighted by Crippen LogP contribution is -2.03. The van der Waals surface area contributed by atoms with E-state index in [0.29, 0.717) is 0 Å². The van der Waals surface area contributed by atoms with Crippen LogP contribution in [0.3, 0.4) is 0 Å². The molecule has 7 nitrogen and oxygen atoms in total. The van der Waals surface area contributed by atoms with Crippen LogP contribution in [0.2, 0.25) is 0 Å². The molecule has 0 amide bonds. The van der Waals surface area contributed by atoms with Gasteiger partial charge >= 0.3 is 5.97 Å². The van der Waals surface area contributed by atoms with E-state index in [0.717, 1.165) is 13.8 Å². The molecule has 0 aromatic rings. The molecule has 0 fully saturated rings. The average Bonchev–Trinajstić information content (AvgIpc) is 1.84. The third-order valence-electron chi connectivity index (χ3n) is 0.166. The fraction of sp³-hybridized carbons (Fsp3) is 0.500. The summed E-state index contributed by atoms with van der Waals surface area (Å²) in [6.45, 7) is 3.40. The van der Waals surface area contributed by atoms with E-state index in [1.54, 1.807) is 0 Å². The molecule has 0 heterocycles. The predicted octanol–water partition coefficient (Wildman–Crippen LogP) is -0.395. The lowest BCUT2D eigenvalue weighted by atomic mass is 10.8. The standard InChI is InChI=1S/C2H5NO2.2C2H4O2/c1-2(4)5-3;2*1-2(3)4/h3H2,1H3;2*1H3,(H,3,4). The predicted molar refractivity (Wildman–Crippen MR) is 42.6 cm³/mol. The van der Waals surface area contributed by atoms with Crippen LogP contribution in [0.25, 0.3) is 0 Å². The molecule has 0 bridgehead atoms. The highest BCUT2D eigenvalue weighted by atomic mass is 16.7. The van der Waals surface area contributed by atoms with E-state index >= 15 is 0 Å². The van der Waals surface area contributed by atoms with Gasteiger partial charge in [-0.2, -0.15) is 5.90 Å². The van der Waals surface area contributed by atoms with Crippen molar-refractivity contribution in [3.05, 3.63) is 0 Å². The summed E-state index contributed by atoms with van der Waals surface area (Å²) in [6.07, 6.45) is 0. The first kappa shape index (κ1) is 17.5. The van der Waals surface area contributed by atoms with Crippen molar-refractivity contribution in [2.24, 2.45) is 5.90 Å². The Hall–Kier alpha value is -1.63. The molecule has 0 aromatic carbocycles. The minimum absolute atomic E-state index is 0.468. The third-order valence-corrected chi connectivity index (χ3v) is 0.166. The Morgan fingerprint density at radius 2 is 1.08 bits per heavy atom. The molecule has 0 unspecified atom stereocenters. The Balaban J connectivity index is -0.000000117. The summed E-state index contributed by atoms with van der Waals surface area (Å²) in [4.78, 5) is 31.1. The number of carbonyl (C=O) groups is 3. The normalized spacial score (nSPS) is 6.46. The molecule has 78 valence electrons. The van der Waals surface area contributed by atoms with Gasteiger partial charge in [-0.05, 0) is 0 Å². The van der Waals surface area contributed by atoms with Gasteiger partial charge in [-0.1, -0.05) is 0 Å². The van der Waals surface area contributed by atoms with Gasteiger partial charge in [0.1, 0.15) is 0 Å². The fourth-order valence-electron chi connectivity index (χ4n) is 0. The fourth-order valence-corrected chi connectivity index (χ4v) is 0. The zero-order valence-electron chi connectivity index (χ0n) is 7.60. The van der Waals surface area contributed by atoms with Gasteiger partial charge < -0.3 is 15.1 Å². The molecule has 0 aliphatic carbocycles. The quantitative estimate of drug-likeness (QED) is 0.449. The first-order valence-electron chi connectivity index (χ1n) is 3.00. The van der Waals surface area contributed by atoms with Crippen LogP contribution in [0.1, 0.15) is 20.8 Å². The van der Waals surface area contributed by atoms with Crippen molar-refractivity contribution in [2.45, 2.75) is 20.8 Å². The van der Waals surface area contributed by atoms with Crippen LogP contribution in [-0.2, 0) is 19.2 Å². The molecule has 13 heavy (non-hydrogen) atoms. The van der Waals surface area contributed by atoms with Crippen molar-refractivity contribution in [2.75, 3.05) is 0 Å². The van der Waals surface area contributed by atoms with Crippen molar-refractivity contribution >= 4 is 17.9 Å². The van der Waals surface area contributed by atoms with Crippen LogP contribution in [-0.4, -0.2) is 28.1 Å². The minimum Gasteiger partial charge on any atom is -0.481 e. The maximum absolute atomic E-state index is 9.47. The minimum atomic E-state index is -0.833. The molecule has 0 radical (unpaired) electrons. The highest BCUT2D eigenvalue weighted by Crippen LogP contribution is 1.55. The molecule has 0 aliphatic heterocycles. The number of nitrogens with two attached hydrogens (primary N) is 1. The highest BCUT2D eigenvalue weighted by Gasteiger charge is 1.77. The Bertz CT molecular complexity index is 147. The average molecular weight is 195 g/mol. The van der Waals surface area contributed by atoms with Crippen molar-refractivity contribution in [1.82, 2.24) is 0 Å². The van der Waals surface area contributed by atoms with Crippen LogP contribution in [0.5, 0.6) is 0 Å². The zero-order valence-corrected chi connectivity index (χ0v) is 7.60. The molecule has 0 saturated heterocycles. The Labute approximate surface area is 75.1 Å². The van der Waals surface area contributed by atoms with Gasteiger partial charge in [0.15, 0.2) is 0 Å². The second kappa shape index (κ2) is 13.0. The summed E-state index contributed by atoms with van der Waals surface area (Å²) in [7, 11) is 0. The monoisotopic (exact) mass is 195 g/mol. The highest BCUT2D eigenvalue weighted by molar-refractivity contribution is 5.65. The van der Waals surface area contributed by atoms with E-state index < -0.39 is 17.9 Å². The number of hydrogen-bond acceptors (Lipinski definition) is 5. The SMILES string of the molecule is CC(=O)O.CC(=O)O.CC(=O)ON. The van der Waals surface area contributed by atoms with Crippen LogP contribution in [0.15, 0.2) is 0 Å². The van der Waals surface area contributed by atoms with Crippen molar-refractivity contribution in [3.63, 3.8) is 0 Å². The summed E-state index contributed by atoms with van der Waals surface area (Å²) in [5.74, 6) is 2.19. The second-order valence-electron chi connectivity index (χ2n) is 1.65. The van der Waals surface area contributed by atoms with Crippen LogP contribution in [0, 0.1) is 0 Å². The van der Waals surface area contributed by atoms with Crippen molar-refractivity contribution in [1.29, 1.82) is 0 Å². The number of hydrogen-bond donors (Lipinski definition) is 3. The Morgan fingerprint density at radius 1 is 1.00 bits per heavy atom. The molecule has 4 N–H and O–H groups in total. The summed E-state index contributed by atoms with van der Waals surface area (Å²) in [6, 6.07) is 0. The van der Waals surface area contributed by atoms with Crippen LogP contribution < -0.4 is 5.90 Å². The van der Waals surface area contributed by atoms with E-state index in [1.807, 2.05) is 0 Å². The first-order chi connectivity index (χ1) is 5.73. The van der Waals surface area contributed by atoms with Gasteiger partial charge in [-0.15, -0.1) is 0 Å².